The molecule has 1 saturated heterocycles. The second kappa shape index (κ2) is 11.4. The fourth-order valence-electron chi connectivity index (χ4n) is 4.74. The number of nitrogens with zero attached hydrogens (tertiary/aromatic N) is 2. The molecular formula is C29H35N3O2. The Bertz CT molecular complexity index is 1040. The first-order valence-corrected chi connectivity index (χ1v) is 12.3. The third-order valence-corrected chi connectivity index (χ3v) is 6.43. The van der Waals surface area contributed by atoms with Crippen molar-refractivity contribution in [3.63, 3.8) is 0 Å². The number of aliphatic hydroxyl groups excluding tert-OH is 1. The Labute approximate surface area is 202 Å². The second-order valence-electron chi connectivity index (χ2n) is 9.70. The number of hydrogen-bond acceptors (Lipinski definition) is 4. The zero-order chi connectivity index (χ0) is 23.9. The van der Waals surface area contributed by atoms with E-state index in [9.17, 15) is 9.90 Å². The third-order valence-electron chi connectivity index (χ3n) is 6.43. The Morgan fingerprint density at radius 1 is 1.03 bits per heavy atom. The van der Waals surface area contributed by atoms with E-state index in [1.54, 1.807) is 6.20 Å². The van der Waals surface area contributed by atoms with Crippen LogP contribution in [0, 0.1) is 5.92 Å². The highest BCUT2D eigenvalue weighted by atomic mass is 16.3. The van der Waals surface area contributed by atoms with E-state index in [2.05, 4.69) is 36.3 Å². The molecule has 3 aromatic rings. The van der Waals surface area contributed by atoms with Crippen molar-refractivity contribution in [1.82, 2.24) is 15.2 Å². The van der Waals surface area contributed by atoms with Gasteiger partial charge in [-0.3, -0.25) is 9.78 Å². The fourth-order valence-corrected chi connectivity index (χ4v) is 4.74. The fraction of sp³-hybridized carbons (Fsp3) is 0.379. The van der Waals surface area contributed by atoms with Gasteiger partial charge in [0.25, 0.3) is 5.91 Å². The van der Waals surface area contributed by atoms with Crippen LogP contribution in [0.2, 0.25) is 0 Å². The molecule has 1 fully saturated rings. The number of aromatic nitrogens is 1. The molecule has 5 heteroatoms. The molecule has 1 aliphatic rings. The Morgan fingerprint density at radius 2 is 1.76 bits per heavy atom. The molecule has 0 spiro atoms. The van der Waals surface area contributed by atoms with Gasteiger partial charge in [-0.25, -0.2) is 0 Å². The van der Waals surface area contributed by atoms with Crippen molar-refractivity contribution in [2.24, 2.45) is 5.92 Å². The maximum Gasteiger partial charge on any atom is 0.254 e. The summed E-state index contributed by atoms with van der Waals surface area (Å²) in [4.78, 5) is 19.5. The number of carbonyl (C=O) groups excluding carboxylic acids is 1. The van der Waals surface area contributed by atoms with Crippen molar-refractivity contribution in [1.29, 1.82) is 0 Å². The standard InChI is InChI=1S/C29H35N3O2/c1-21(2)19-32(20-26-10-6-7-17-30-26)29(34)24-13-11-22(12-14-24)18-25-15-16-27(31-25)28(33)23-8-4-3-5-9-23/h3-14,17,21,25,27-28,31,33H,15-16,18-20H2,1-2H3/t25-,27+,28+/m0/s1. The second-order valence-corrected chi connectivity index (χ2v) is 9.70. The number of carbonyl (C=O) groups is 1. The molecule has 0 unspecified atom stereocenters. The van der Waals surface area contributed by atoms with E-state index in [4.69, 9.17) is 0 Å². The molecule has 0 aliphatic carbocycles. The molecule has 1 amide bonds. The van der Waals surface area contributed by atoms with Crippen LogP contribution in [0.3, 0.4) is 0 Å². The number of benzene rings is 2. The van der Waals surface area contributed by atoms with Crippen molar-refractivity contribution in [3.8, 4) is 0 Å². The SMILES string of the molecule is CC(C)CN(Cc1ccccn1)C(=O)c1ccc(C[C@@H]2CC[C@H]([C@H](O)c3ccccc3)N2)cc1. The van der Waals surface area contributed by atoms with Crippen LogP contribution < -0.4 is 5.32 Å². The lowest BCUT2D eigenvalue weighted by Gasteiger charge is -2.24. The summed E-state index contributed by atoms with van der Waals surface area (Å²) in [6.07, 6.45) is 4.15. The highest BCUT2D eigenvalue weighted by Gasteiger charge is 2.30. The Kier molecular flexibility index (Phi) is 8.09. The minimum Gasteiger partial charge on any atom is -0.387 e. The largest absolute Gasteiger partial charge is 0.387 e. The summed E-state index contributed by atoms with van der Waals surface area (Å²) in [6, 6.07) is 24.1. The number of pyridine rings is 1. The average molecular weight is 458 g/mol. The van der Waals surface area contributed by atoms with E-state index in [1.165, 1.54) is 5.56 Å². The average Bonchev–Trinajstić information content (AvgIpc) is 3.32. The number of aliphatic hydroxyl groups is 1. The van der Waals surface area contributed by atoms with Crippen LogP contribution in [0.15, 0.2) is 79.0 Å². The molecule has 178 valence electrons. The summed E-state index contributed by atoms with van der Waals surface area (Å²) in [6.45, 7) is 5.45. The maximum atomic E-state index is 13.3. The summed E-state index contributed by atoms with van der Waals surface area (Å²) in [5.74, 6) is 0.413. The van der Waals surface area contributed by atoms with Gasteiger partial charge in [-0.1, -0.05) is 62.4 Å². The third kappa shape index (κ3) is 6.31. The highest BCUT2D eigenvalue weighted by Crippen LogP contribution is 2.26. The van der Waals surface area contributed by atoms with E-state index in [-0.39, 0.29) is 11.9 Å². The van der Waals surface area contributed by atoms with Gasteiger partial charge in [0.2, 0.25) is 0 Å². The topological polar surface area (TPSA) is 65.5 Å². The van der Waals surface area contributed by atoms with Gasteiger partial charge in [0, 0.05) is 30.4 Å². The smallest absolute Gasteiger partial charge is 0.254 e. The molecule has 3 atom stereocenters. The van der Waals surface area contributed by atoms with Crippen molar-refractivity contribution < 1.29 is 9.90 Å². The van der Waals surface area contributed by atoms with Crippen molar-refractivity contribution in [2.75, 3.05) is 6.54 Å². The molecule has 0 bridgehead atoms. The molecule has 2 heterocycles. The predicted octanol–water partition coefficient (Wildman–Crippen LogP) is 4.78. The summed E-state index contributed by atoms with van der Waals surface area (Å²) >= 11 is 0. The Hall–Kier alpha value is -3.02. The maximum absolute atomic E-state index is 13.3. The van der Waals surface area contributed by atoms with Crippen molar-refractivity contribution in [2.45, 2.75) is 57.8 Å². The number of rotatable bonds is 9. The van der Waals surface area contributed by atoms with Crippen LogP contribution >= 0.6 is 0 Å². The van der Waals surface area contributed by atoms with Gasteiger partial charge in [-0.05, 0) is 60.6 Å². The van der Waals surface area contributed by atoms with Crippen LogP contribution in [-0.2, 0) is 13.0 Å². The van der Waals surface area contributed by atoms with Crippen LogP contribution in [-0.4, -0.2) is 39.5 Å². The molecule has 1 aromatic heterocycles. The van der Waals surface area contributed by atoms with E-state index < -0.39 is 6.10 Å². The van der Waals surface area contributed by atoms with Crippen LogP contribution in [0.4, 0.5) is 0 Å². The summed E-state index contributed by atoms with van der Waals surface area (Å²) in [5, 5.41) is 14.3. The lowest BCUT2D eigenvalue weighted by Crippen LogP contribution is -2.35. The van der Waals surface area contributed by atoms with Crippen LogP contribution in [0.5, 0.6) is 0 Å². The molecule has 5 nitrogen and oxygen atoms in total. The van der Waals surface area contributed by atoms with Gasteiger partial charge in [-0.2, -0.15) is 0 Å². The molecule has 0 saturated carbocycles. The monoisotopic (exact) mass is 457 g/mol. The van der Waals surface area contributed by atoms with Gasteiger partial charge >= 0.3 is 0 Å². The predicted molar refractivity (Wildman–Crippen MR) is 135 cm³/mol. The normalized spacial score (nSPS) is 18.7. The van der Waals surface area contributed by atoms with Crippen molar-refractivity contribution >= 4 is 5.91 Å². The number of hydrogen-bond donors (Lipinski definition) is 2. The van der Waals surface area contributed by atoms with E-state index in [0.29, 0.717) is 30.6 Å². The zero-order valence-corrected chi connectivity index (χ0v) is 20.1. The molecule has 34 heavy (non-hydrogen) atoms. The Balaban J connectivity index is 1.36. The summed E-state index contributed by atoms with van der Waals surface area (Å²) in [7, 11) is 0. The lowest BCUT2D eigenvalue weighted by atomic mass is 10.0. The van der Waals surface area contributed by atoms with E-state index in [0.717, 1.165) is 30.5 Å². The molecular weight excluding hydrogens is 422 g/mol. The lowest BCUT2D eigenvalue weighted by molar-refractivity contribution is 0.0720. The quantitative estimate of drug-likeness (QED) is 0.486. The zero-order valence-electron chi connectivity index (χ0n) is 20.1. The van der Waals surface area contributed by atoms with Gasteiger partial charge in [0.15, 0.2) is 0 Å². The minimum atomic E-state index is -0.489. The number of amides is 1. The van der Waals surface area contributed by atoms with Crippen molar-refractivity contribution in [3.05, 3.63) is 101 Å². The van der Waals surface area contributed by atoms with Gasteiger partial charge < -0.3 is 15.3 Å². The molecule has 0 radical (unpaired) electrons. The van der Waals surface area contributed by atoms with Crippen LogP contribution in [0.25, 0.3) is 0 Å². The first-order valence-electron chi connectivity index (χ1n) is 12.3. The first kappa shape index (κ1) is 24.1. The minimum absolute atomic E-state index is 0.0379. The molecule has 4 rings (SSSR count). The molecule has 2 N–H and O–H groups in total. The summed E-state index contributed by atoms with van der Waals surface area (Å²) < 4.78 is 0. The molecule has 2 aromatic carbocycles. The van der Waals surface area contributed by atoms with E-state index in [1.807, 2.05) is 65.6 Å². The summed E-state index contributed by atoms with van der Waals surface area (Å²) in [5.41, 5.74) is 3.76. The first-order chi connectivity index (χ1) is 16.5. The Morgan fingerprint density at radius 3 is 2.44 bits per heavy atom. The van der Waals surface area contributed by atoms with E-state index >= 15 is 0 Å². The van der Waals surface area contributed by atoms with Gasteiger partial charge in [0.05, 0.1) is 18.3 Å². The van der Waals surface area contributed by atoms with Gasteiger partial charge in [0.1, 0.15) is 0 Å². The van der Waals surface area contributed by atoms with Crippen LogP contribution in [0.1, 0.15) is 60.0 Å². The molecule has 1 aliphatic heterocycles. The number of nitrogens with one attached hydrogen (secondary N) is 1. The van der Waals surface area contributed by atoms with Gasteiger partial charge in [-0.15, -0.1) is 0 Å². The highest BCUT2D eigenvalue weighted by molar-refractivity contribution is 5.94.